The Kier molecular flexibility index (Phi) is 4.79. The van der Waals surface area contributed by atoms with Gasteiger partial charge < -0.3 is 10.1 Å². The van der Waals surface area contributed by atoms with Crippen molar-refractivity contribution < 1.29 is 9.53 Å². The number of benzene rings is 2. The lowest BCUT2D eigenvalue weighted by atomic mass is 10.1. The van der Waals surface area contributed by atoms with Gasteiger partial charge >= 0.3 is 0 Å². The van der Waals surface area contributed by atoms with Crippen LogP contribution in [0.5, 0.6) is 5.75 Å². The molecule has 23 heavy (non-hydrogen) atoms. The number of ether oxygens (including phenoxy) is 1. The maximum absolute atomic E-state index is 11.8. The molecule has 3 rings (SSSR count). The van der Waals surface area contributed by atoms with Crippen LogP contribution in [0.25, 0.3) is 6.08 Å². The van der Waals surface area contributed by atoms with Gasteiger partial charge in [0, 0.05) is 5.56 Å². The van der Waals surface area contributed by atoms with Gasteiger partial charge in [-0.05, 0) is 30.2 Å². The van der Waals surface area contributed by atoms with E-state index >= 15 is 0 Å². The van der Waals surface area contributed by atoms with E-state index in [0.29, 0.717) is 15.8 Å². The van der Waals surface area contributed by atoms with Crippen LogP contribution >= 0.6 is 24.0 Å². The monoisotopic (exact) mass is 341 g/mol. The maximum Gasteiger partial charge on any atom is 0.263 e. The molecule has 0 saturated carbocycles. The van der Waals surface area contributed by atoms with Gasteiger partial charge in [0.1, 0.15) is 16.7 Å². The molecule has 116 valence electrons. The molecule has 1 fully saturated rings. The number of hydrogen-bond donors (Lipinski definition) is 1. The van der Waals surface area contributed by atoms with E-state index in [4.69, 9.17) is 17.0 Å². The molecule has 5 heteroatoms. The van der Waals surface area contributed by atoms with Crippen molar-refractivity contribution in [3.63, 3.8) is 0 Å². The van der Waals surface area contributed by atoms with Crippen molar-refractivity contribution in [3.8, 4) is 5.75 Å². The first kappa shape index (κ1) is 15.8. The number of hydrogen-bond acceptors (Lipinski definition) is 4. The first-order chi connectivity index (χ1) is 11.1. The van der Waals surface area contributed by atoms with Gasteiger partial charge in [0.25, 0.3) is 5.91 Å². The zero-order valence-electron chi connectivity index (χ0n) is 12.5. The second-order valence-electron chi connectivity index (χ2n) is 5.11. The summed E-state index contributed by atoms with van der Waals surface area (Å²) in [5.74, 6) is 0.586. The third-order valence-corrected chi connectivity index (χ3v) is 4.65. The van der Waals surface area contributed by atoms with Gasteiger partial charge in [-0.3, -0.25) is 4.79 Å². The van der Waals surface area contributed by atoms with Crippen molar-refractivity contribution in [1.82, 2.24) is 5.32 Å². The highest BCUT2D eigenvalue weighted by Crippen LogP contribution is 2.29. The van der Waals surface area contributed by atoms with Crippen LogP contribution in [-0.4, -0.2) is 10.2 Å². The summed E-state index contributed by atoms with van der Waals surface area (Å²) in [6, 6.07) is 15.8. The minimum absolute atomic E-state index is 0.159. The minimum Gasteiger partial charge on any atom is -0.488 e. The Morgan fingerprint density at radius 2 is 1.91 bits per heavy atom. The van der Waals surface area contributed by atoms with Crippen molar-refractivity contribution >= 4 is 40.3 Å². The molecular weight excluding hydrogens is 326 g/mol. The van der Waals surface area contributed by atoms with Crippen molar-refractivity contribution in [2.75, 3.05) is 0 Å². The maximum atomic E-state index is 11.8. The van der Waals surface area contributed by atoms with Gasteiger partial charge in [-0.15, -0.1) is 0 Å². The van der Waals surface area contributed by atoms with Gasteiger partial charge in [-0.1, -0.05) is 66.4 Å². The van der Waals surface area contributed by atoms with Crippen molar-refractivity contribution in [2.24, 2.45) is 0 Å². The number of thiocarbonyl (C=S) groups is 1. The van der Waals surface area contributed by atoms with Gasteiger partial charge in [0.05, 0.1) is 4.91 Å². The van der Waals surface area contributed by atoms with E-state index in [1.807, 2.05) is 42.5 Å². The Bertz CT molecular complexity index is 799. The lowest BCUT2D eigenvalue weighted by molar-refractivity contribution is -0.115. The van der Waals surface area contributed by atoms with Crippen LogP contribution in [-0.2, 0) is 11.4 Å². The Balaban J connectivity index is 1.81. The number of thioether (sulfide) groups is 1. The zero-order chi connectivity index (χ0) is 16.2. The lowest BCUT2D eigenvalue weighted by Gasteiger charge is -2.11. The Morgan fingerprint density at radius 1 is 1.17 bits per heavy atom. The summed E-state index contributed by atoms with van der Waals surface area (Å²) in [4.78, 5) is 12.4. The summed E-state index contributed by atoms with van der Waals surface area (Å²) in [7, 11) is 0. The average molecular weight is 341 g/mol. The molecule has 0 aromatic heterocycles. The van der Waals surface area contributed by atoms with E-state index in [-0.39, 0.29) is 5.91 Å². The molecule has 1 aliphatic heterocycles. The van der Waals surface area contributed by atoms with Crippen LogP contribution in [0.4, 0.5) is 0 Å². The van der Waals surface area contributed by atoms with Gasteiger partial charge in [0.15, 0.2) is 0 Å². The van der Waals surface area contributed by atoms with Crippen LogP contribution in [0.15, 0.2) is 53.4 Å². The Hall–Kier alpha value is -2.11. The molecule has 0 aliphatic carbocycles. The molecule has 1 aliphatic rings. The number of carbonyl (C=O) groups excluding carboxylic acids is 1. The highest BCUT2D eigenvalue weighted by atomic mass is 32.2. The van der Waals surface area contributed by atoms with Crippen molar-refractivity contribution in [1.29, 1.82) is 0 Å². The molecule has 3 nitrogen and oxygen atoms in total. The predicted octanol–water partition coefficient (Wildman–Crippen LogP) is 4.06. The third kappa shape index (κ3) is 3.81. The molecule has 1 saturated heterocycles. The minimum atomic E-state index is -0.159. The Morgan fingerprint density at radius 3 is 2.65 bits per heavy atom. The van der Waals surface area contributed by atoms with Gasteiger partial charge in [-0.25, -0.2) is 0 Å². The summed E-state index contributed by atoms with van der Waals surface area (Å²) >= 11 is 6.28. The summed E-state index contributed by atoms with van der Waals surface area (Å²) in [6.45, 7) is 2.55. The highest BCUT2D eigenvalue weighted by Gasteiger charge is 2.22. The summed E-state index contributed by atoms with van der Waals surface area (Å²) in [5.41, 5.74) is 3.20. The standard InChI is InChI=1S/C18H15NO2S2/c1-12-6-2-3-8-14(12)11-21-15-9-5-4-7-13(15)10-16-17(20)19-18(22)23-16/h2-10H,11H2,1H3,(H,19,20,22)/b16-10+. The molecule has 0 radical (unpaired) electrons. The summed E-state index contributed by atoms with van der Waals surface area (Å²) < 4.78 is 6.44. The first-order valence-electron chi connectivity index (χ1n) is 7.14. The topological polar surface area (TPSA) is 38.3 Å². The fourth-order valence-corrected chi connectivity index (χ4v) is 3.26. The Labute approximate surface area is 144 Å². The fourth-order valence-electron chi connectivity index (χ4n) is 2.22. The second-order valence-corrected chi connectivity index (χ2v) is 6.82. The number of rotatable bonds is 4. The molecule has 2 aromatic carbocycles. The smallest absolute Gasteiger partial charge is 0.263 e. The number of nitrogens with one attached hydrogen (secondary N) is 1. The number of aryl methyl sites for hydroxylation is 1. The van der Waals surface area contributed by atoms with E-state index in [0.717, 1.165) is 16.9 Å². The van der Waals surface area contributed by atoms with E-state index in [2.05, 4.69) is 24.4 Å². The van der Waals surface area contributed by atoms with Crippen LogP contribution in [0.2, 0.25) is 0 Å². The summed E-state index contributed by atoms with van der Waals surface area (Å²) in [6.07, 6.45) is 1.81. The highest BCUT2D eigenvalue weighted by molar-refractivity contribution is 8.26. The van der Waals surface area contributed by atoms with Crippen LogP contribution < -0.4 is 10.1 Å². The van der Waals surface area contributed by atoms with Crippen LogP contribution in [0.3, 0.4) is 0 Å². The molecule has 1 heterocycles. The van der Waals surface area contributed by atoms with Crippen LogP contribution in [0, 0.1) is 6.92 Å². The van der Waals surface area contributed by atoms with E-state index in [1.165, 1.54) is 17.3 Å². The second kappa shape index (κ2) is 6.98. The lowest BCUT2D eigenvalue weighted by Crippen LogP contribution is -2.17. The molecule has 0 bridgehead atoms. The molecule has 0 spiro atoms. The SMILES string of the molecule is Cc1ccccc1COc1ccccc1/C=C1/SC(=S)NC1=O. The van der Waals surface area contributed by atoms with Gasteiger partial charge in [-0.2, -0.15) is 0 Å². The van der Waals surface area contributed by atoms with Gasteiger partial charge in [0.2, 0.25) is 0 Å². The molecule has 0 atom stereocenters. The van der Waals surface area contributed by atoms with Crippen molar-refractivity contribution in [3.05, 3.63) is 70.1 Å². The number of para-hydroxylation sites is 1. The molecule has 1 amide bonds. The van der Waals surface area contributed by atoms with E-state index < -0.39 is 0 Å². The van der Waals surface area contributed by atoms with Crippen molar-refractivity contribution in [2.45, 2.75) is 13.5 Å². The van der Waals surface area contributed by atoms with E-state index in [1.54, 1.807) is 0 Å². The molecule has 2 aromatic rings. The predicted molar refractivity (Wildman–Crippen MR) is 98.3 cm³/mol. The largest absolute Gasteiger partial charge is 0.488 e. The first-order valence-corrected chi connectivity index (χ1v) is 8.37. The quantitative estimate of drug-likeness (QED) is 0.672. The molecule has 0 unspecified atom stereocenters. The third-order valence-electron chi connectivity index (χ3n) is 3.49. The van der Waals surface area contributed by atoms with Crippen LogP contribution in [0.1, 0.15) is 16.7 Å². The van der Waals surface area contributed by atoms with E-state index in [9.17, 15) is 4.79 Å². The summed E-state index contributed by atoms with van der Waals surface area (Å²) in [5, 5.41) is 2.62. The zero-order valence-corrected chi connectivity index (χ0v) is 14.2. The number of amides is 1. The molecular formula is C18H15NO2S2. The fraction of sp³-hybridized carbons (Fsp3) is 0.111. The molecule has 1 N–H and O–H groups in total. The average Bonchev–Trinajstić information content (AvgIpc) is 2.85. The normalized spacial score (nSPS) is 15.8. The number of carbonyl (C=O) groups is 1.